The summed E-state index contributed by atoms with van der Waals surface area (Å²) in [4.78, 5) is 4.76. The first kappa shape index (κ1) is 15.8. The lowest BCUT2D eigenvalue weighted by Crippen LogP contribution is -2.35. The first-order valence-electron chi connectivity index (χ1n) is 7.73. The third-order valence-corrected chi connectivity index (χ3v) is 3.27. The molecule has 0 saturated heterocycles. The summed E-state index contributed by atoms with van der Waals surface area (Å²) in [5, 5.41) is 8.25. The molecular formula is C18H27N3. The molecule has 0 aliphatic carbocycles. The molecule has 0 spiro atoms. The highest BCUT2D eigenvalue weighted by Gasteiger charge is 2.11. The topological polar surface area (TPSA) is 37.0 Å². The molecule has 1 aromatic heterocycles. The van der Waals surface area contributed by atoms with Crippen molar-refractivity contribution in [3.63, 3.8) is 0 Å². The van der Waals surface area contributed by atoms with Gasteiger partial charge in [-0.3, -0.25) is 4.98 Å². The Hall–Kier alpha value is -1.61. The van der Waals surface area contributed by atoms with Crippen molar-refractivity contribution in [1.29, 1.82) is 0 Å². The van der Waals surface area contributed by atoms with Crippen molar-refractivity contribution in [3.8, 4) is 0 Å². The van der Waals surface area contributed by atoms with Gasteiger partial charge in [0.2, 0.25) is 0 Å². The molecule has 0 radical (unpaired) electrons. The Morgan fingerprint density at radius 3 is 2.52 bits per heavy atom. The minimum atomic E-state index is 0.0961. The largest absolute Gasteiger partial charge is 0.384 e. The van der Waals surface area contributed by atoms with Gasteiger partial charge in [-0.25, -0.2) is 0 Å². The van der Waals surface area contributed by atoms with Gasteiger partial charge in [0, 0.05) is 29.7 Å². The van der Waals surface area contributed by atoms with Crippen LogP contribution in [0, 0.1) is 5.92 Å². The molecule has 0 saturated carbocycles. The maximum atomic E-state index is 4.76. The van der Waals surface area contributed by atoms with E-state index in [1.165, 1.54) is 11.1 Å². The molecule has 0 amide bonds. The van der Waals surface area contributed by atoms with Crippen molar-refractivity contribution >= 4 is 16.6 Å². The monoisotopic (exact) mass is 285 g/mol. The molecule has 0 fully saturated rings. The summed E-state index contributed by atoms with van der Waals surface area (Å²) < 4.78 is 0. The first-order chi connectivity index (χ1) is 9.85. The van der Waals surface area contributed by atoms with E-state index in [1.54, 1.807) is 0 Å². The number of pyridine rings is 1. The number of nitrogens with zero attached hydrogens (tertiary/aromatic N) is 1. The fourth-order valence-corrected chi connectivity index (χ4v) is 2.14. The summed E-state index contributed by atoms with van der Waals surface area (Å²) in [6, 6.07) is 10.5. The van der Waals surface area contributed by atoms with Gasteiger partial charge >= 0.3 is 0 Å². The van der Waals surface area contributed by atoms with Gasteiger partial charge in [-0.2, -0.15) is 0 Å². The van der Waals surface area contributed by atoms with E-state index in [0.717, 1.165) is 24.3 Å². The molecule has 1 heterocycles. The third-order valence-electron chi connectivity index (χ3n) is 3.27. The zero-order valence-electron chi connectivity index (χ0n) is 13.8. The molecule has 3 heteroatoms. The molecule has 0 aliphatic heterocycles. The summed E-state index contributed by atoms with van der Waals surface area (Å²) in [5.74, 6) is 0.619. The van der Waals surface area contributed by atoms with E-state index < -0.39 is 0 Å². The Bertz CT molecular complexity index is 597. The highest BCUT2D eigenvalue weighted by molar-refractivity contribution is 5.91. The fraction of sp³-hybridized carbons (Fsp3) is 0.500. The Kier molecular flexibility index (Phi) is 4.84. The van der Waals surface area contributed by atoms with E-state index >= 15 is 0 Å². The second-order valence-corrected chi connectivity index (χ2v) is 7.06. The molecule has 2 N–H and O–H groups in total. The van der Waals surface area contributed by atoms with Gasteiger partial charge in [0.15, 0.2) is 0 Å². The second kappa shape index (κ2) is 6.44. The van der Waals surface area contributed by atoms with Crippen molar-refractivity contribution in [2.45, 2.75) is 46.7 Å². The number of nitrogens with one attached hydrogen (secondary N) is 2. The molecule has 2 aromatic rings. The van der Waals surface area contributed by atoms with Gasteiger partial charge in [-0.1, -0.05) is 32.0 Å². The molecule has 0 bridgehead atoms. The highest BCUT2D eigenvalue weighted by atomic mass is 15.0. The number of para-hydroxylation sites is 1. The predicted molar refractivity (Wildman–Crippen MR) is 91.7 cm³/mol. The minimum absolute atomic E-state index is 0.0961. The SMILES string of the molecule is CC(C)CNc1cc(CNC(C)(C)C)nc2ccccc12. The van der Waals surface area contributed by atoms with Crippen LogP contribution in [0.4, 0.5) is 5.69 Å². The lowest BCUT2D eigenvalue weighted by molar-refractivity contribution is 0.421. The van der Waals surface area contributed by atoms with Crippen LogP contribution in [-0.4, -0.2) is 17.1 Å². The number of rotatable bonds is 5. The van der Waals surface area contributed by atoms with E-state index in [-0.39, 0.29) is 5.54 Å². The van der Waals surface area contributed by atoms with E-state index in [2.05, 4.69) is 69.5 Å². The number of benzene rings is 1. The lowest BCUT2D eigenvalue weighted by atomic mass is 10.1. The van der Waals surface area contributed by atoms with Gasteiger partial charge in [-0.05, 0) is 38.8 Å². The fourth-order valence-electron chi connectivity index (χ4n) is 2.14. The lowest BCUT2D eigenvalue weighted by Gasteiger charge is -2.21. The zero-order valence-corrected chi connectivity index (χ0v) is 13.8. The van der Waals surface area contributed by atoms with Crippen LogP contribution in [0.5, 0.6) is 0 Å². The van der Waals surface area contributed by atoms with Crippen LogP contribution in [0.15, 0.2) is 30.3 Å². The van der Waals surface area contributed by atoms with Crippen LogP contribution in [0.25, 0.3) is 10.9 Å². The van der Waals surface area contributed by atoms with Gasteiger partial charge in [0.1, 0.15) is 0 Å². The van der Waals surface area contributed by atoms with E-state index in [9.17, 15) is 0 Å². The van der Waals surface area contributed by atoms with Crippen LogP contribution < -0.4 is 10.6 Å². The predicted octanol–water partition coefficient (Wildman–Crippen LogP) is 4.19. The van der Waals surface area contributed by atoms with Gasteiger partial charge in [0.05, 0.1) is 11.2 Å². The van der Waals surface area contributed by atoms with E-state index in [0.29, 0.717) is 5.92 Å². The second-order valence-electron chi connectivity index (χ2n) is 7.06. The molecule has 21 heavy (non-hydrogen) atoms. The van der Waals surface area contributed by atoms with Crippen LogP contribution in [0.2, 0.25) is 0 Å². The minimum Gasteiger partial charge on any atom is -0.384 e. The number of hydrogen-bond acceptors (Lipinski definition) is 3. The summed E-state index contributed by atoms with van der Waals surface area (Å²) in [6.45, 7) is 12.7. The zero-order chi connectivity index (χ0) is 15.5. The summed E-state index contributed by atoms with van der Waals surface area (Å²) in [7, 11) is 0. The third kappa shape index (κ3) is 4.71. The molecule has 1 aromatic carbocycles. The molecule has 2 rings (SSSR count). The maximum Gasteiger partial charge on any atom is 0.0726 e. The van der Waals surface area contributed by atoms with Gasteiger partial charge in [-0.15, -0.1) is 0 Å². The highest BCUT2D eigenvalue weighted by Crippen LogP contribution is 2.23. The van der Waals surface area contributed by atoms with Crippen LogP contribution in [0.1, 0.15) is 40.3 Å². The summed E-state index contributed by atoms with van der Waals surface area (Å²) in [6.07, 6.45) is 0. The smallest absolute Gasteiger partial charge is 0.0726 e. The quantitative estimate of drug-likeness (QED) is 0.865. The van der Waals surface area contributed by atoms with Crippen molar-refractivity contribution in [2.75, 3.05) is 11.9 Å². The Labute approximate surface area is 128 Å². The Morgan fingerprint density at radius 2 is 1.86 bits per heavy atom. The average molecular weight is 285 g/mol. The van der Waals surface area contributed by atoms with Crippen LogP contribution >= 0.6 is 0 Å². The molecule has 114 valence electrons. The summed E-state index contributed by atoms with van der Waals surface area (Å²) >= 11 is 0. The average Bonchev–Trinajstić information content (AvgIpc) is 2.41. The standard InChI is InChI=1S/C18H27N3/c1-13(2)11-19-17-10-14(12-20-18(3,4)5)21-16-9-7-6-8-15(16)17/h6-10,13,20H,11-12H2,1-5H3,(H,19,21). The Morgan fingerprint density at radius 1 is 1.14 bits per heavy atom. The normalized spacial score (nSPS) is 12.1. The van der Waals surface area contributed by atoms with Crippen LogP contribution in [0.3, 0.4) is 0 Å². The number of hydrogen-bond donors (Lipinski definition) is 2. The number of aromatic nitrogens is 1. The Balaban J connectivity index is 2.30. The number of fused-ring (bicyclic) bond motifs is 1. The maximum absolute atomic E-state index is 4.76. The summed E-state index contributed by atoms with van der Waals surface area (Å²) in [5.41, 5.74) is 3.41. The molecule has 0 atom stereocenters. The van der Waals surface area contributed by atoms with Gasteiger partial charge in [0.25, 0.3) is 0 Å². The molecule has 0 aliphatic rings. The molecular weight excluding hydrogens is 258 g/mol. The molecule has 0 unspecified atom stereocenters. The first-order valence-corrected chi connectivity index (χ1v) is 7.73. The van der Waals surface area contributed by atoms with Crippen molar-refractivity contribution < 1.29 is 0 Å². The van der Waals surface area contributed by atoms with E-state index in [4.69, 9.17) is 4.98 Å². The van der Waals surface area contributed by atoms with Crippen LogP contribution in [-0.2, 0) is 6.54 Å². The van der Waals surface area contributed by atoms with Crippen molar-refractivity contribution in [2.24, 2.45) is 5.92 Å². The molecule has 3 nitrogen and oxygen atoms in total. The van der Waals surface area contributed by atoms with Crippen molar-refractivity contribution in [1.82, 2.24) is 10.3 Å². The van der Waals surface area contributed by atoms with E-state index in [1.807, 2.05) is 6.07 Å². The number of anilines is 1. The van der Waals surface area contributed by atoms with Gasteiger partial charge < -0.3 is 10.6 Å². The van der Waals surface area contributed by atoms with Crippen molar-refractivity contribution in [3.05, 3.63) is 36.0 Å².